The van der Waals surface area contributed by atoms with Gasteiger partial charge in [-0.2, -0.15) is 5.10 Å². The molecule has 0 aromatic carbocycles. The second-order valence-corrected chi connectivity index (χ2v) is 4.45. The Morgan fingerprint density at radius 3 is 3.00 bits per heavy atom. The van der Waals surface area contributed by atoms with E-state index in [1.54, 1.807) is 0 Å². The third kappa shape index (κ3) is 1.59. The highest BCUT2D eigenvalue weighted by atomic mass is 15.3. The molecule has 84 valence electrons. The summed E-state index contributed by atoms with van der Waals surface area (Å²) in [5, 5.41) is 7.91. The third-order valence-corrected chi connectivity index (χ3v) is 3.27. The summed E-state index contributed by atoms with van der Waals surface area (Å²) >= 11 is 0. The first-order valence-corrected chi connectivity index (χ1v) is 5.86. The van der Waals surface area contributed by atoms with Crippen LogP contribution in [0.5, 0.6) is 0 Å². The maximum absolute atomic E-state index is 4.52. The Morgan fingerprint density at radius 2 is 2.19 bits per heavy atom. The number of hydrogen-bond acceptors (Lipinski definition) is 3. The number of piperidine rings is 1. The van der Waals surface area contributed by atoms with Crippen molar-refractivity contribution in [2.75, 3.05) is 13.1 Å². The van der Waals surface area contributed by atoms with Crippen LogP contribution >= 0.6 is 0 Å². The van der Waals surface area contributed by atoms with E-state index in [9.17, 15) is 0 Å². The van der Waals surface area contributed by atoms with E-state index in [-0.39, 0.29) is 0 Å². The highest BCUT2D eigenvalue weighted by molar-refractivity contribution is 5.40. The summed E-state index contributed by atoms with van der Waals surface area (Å²) in [6.45, 7) is 4.23. The van der Waals surface area contributed by atoms with E-state index in [4.69, 9.17) is 0 Å². The molecule has 3 rings (SSSR count). The molecule has 0 aliphatic carbocycles. The first-order valence-electron chi connectivity index (χ1n) is 5.86. The van der Waals surface area contributed by atoms with Gasteiger partial charge in [-0.05, 0) is 38.9 Å². The van der Waals surface area contributed by atoms with Crippen molar-refractivity contribution >= 4 is 5.65 Å². The molecule has 0 amide bonds. The van der Waals surface area contributed by atoms with Gasteiger partial charge in [0.15, 0.2) is 5.65 Å². The summed E-state index contributed by atoms with van der Waals surface area (Å²) in [6, 6.07) is 4.14. The van der Waals surface area contributed by atoms with Crippen LogP contribution < -0.4 is 5.32 Å². The first kappa shape index (κ1) is 9.78. The van der Waals surface area contributed by atoms with Gasteiger partial charge in [0, 0.05) is 23.9 Å². The summed E-state index contributed by atoms with van der Waals surface area (Å²) in [5.74, 6) is 0.617. The van der Waals surface area contributed by atoms with Gasteiger partial charge < -0.3 is 5.32 Å². The van der Waals surface area contributed by atoms with Crippen molar-refractivity contribution in [3.63, 3.8) is 0 Å². The lowest BCUT2D eigenvalue weighted by atomic mass is 9.94. The number of rotatable bonds is 1. The second-order valence-electron chi connectivity index (χ2n) is 4.45. The van der Waals surface area contributed by atoms with Crippen LogP contribution in [-0.2, 0) is 0 Å². The Kier molecular flexibility index (Phi) is 2.36. The van der Waals surface area contributed by atoms with E-state index < -0.39 is 0 Å². The Balaban J connectivity index is 2.07. The van der Waals surface area contributed by atoms with Gasteiger partial charge in [0.1, 0.15) is 0 Å². The zero-order valence-corrected chi connectivity index (χ0v) is 9.48. The second kappa shape index (κ2) is 3.87. The molecule has 3 heterocycles. The van der Waals surface area contributed by atoms with Crippen LogP contribution in [0, 0.1) is 6.92 Å². The third-order valence-electron chi connectivity index (χ3n) is 3.27. The maximum Gasteiger partial charge on any atom is 0.155 e. The van der Waals surface area contributed by atoms with E-state index in [0.29, 0.717) is 5.92 Å². The van der Waals surface area contributed by atoms with Crippen LogP contribution in [0.1, 0.15) is 30.1 Å². The summed E-state index contributed by atoms with van der Waals surface area (Å²) in [5.41, 5.74) is 3.31. The smallest absolute Gasteiger partial charge is 0.155 e. The normalized spacial score (nSPS) is 18.1. The van der Waals surface area contributed by atoms with Crippen LogP contribution in [0.2, 0.25) is 0 Å². The minimum absolute atomic E-state index is 0.617. The van der Waals surface area contributed by atoms with Crippen molar-refractivity contribution < 1.29 is 0 Å². The standard InChI is InChI=1S/C12H16N4/c1-9-8-12-14-7-4-11(16(12)15-9)10-2-5-13-6-3-10/h4,7-8,10,13H,2-3,5-6H2,1H3. The van der Waals surface area contributed by atoms with Crippen molar-refractivity contribution in [1.29, 1.82) is 0 Å². The van der Waals surface area contributed by atoms with Gasteiger partial charge in [-0.1, -0.05) is 0 Å². The molecule has 1 aliphatic heterocycles. The van der Waals surface area contributed by atoms with Crippen LogP contribution in [0.15, 0.2) is 18.3 Å². The molecule has 0 bridgehead atoms. The number of fused-ring (bicyclic) bond motifs is 1. The van der Waals surface area contributed by atoms with Gasteiger partial charge in [-0.25, -0.2) is 9.50 Å². The van der Waals surface area contributed by atoms with Gasteiger partial charge in [-0.15, -0.1) is 0 Å². The van der Waals surface area contributed by atoms with Crippen LogP contribution in [0.25, 0.3) is 5.65 Å². The van der Waals surface area contributed by atoms with Crippen molar-refractivity contribution in [3.05, 3.63) is 29.7 Å². The van der Waals surface area contributed by atoms with Gasteiger partial charge in [0.05, 0.1) is 5.69 Å². The van der Waals surface area contributed by atoms with Crippen molar-refractivity contribution in [2.24, 2.45) is 0 Å². The summed E-state index contributed by atoms with van der Waals surface area (Å²) in [4.78, 5) is 4.34. The molecular formula is C12H16N4. The molecular weight excluding hydrogens is 200 g/mol. The van der Waals surface area contributed by atoms with Crippen molar-refractivity contribution in [3.8, 4) is 0 Å². The molecule has 4 heteroatoms. The molecule has 1 saturated heterocycles. The van der Waals surface area contributed by atoms with E-state index in [1.807, 2.05) is 23.7 Å². The molecule has 2 aromatic heterocycles. The fraction of sp³-hybridized carbons (Fsp3) is 0.500. The van der Waals surface area contributed by atoms with Gasteiger partial charge >= 0.3 is 0 Å². The van der Waals surface area contributed by atoms with E-state index in [1.165, 1.54) is 18.5 Å². The summed E-state index contributed by atoms with van der Waals surface area (Å²) in [6.07, 6.45) is 4.28. The lowest BCUT2D eigenvalue weighted by Crippen LogP contribution is -2.27. The molecule has 1 aliphatic rings. The molecule has 4 nitrogen and oxygen atoms in total. The lowest BCUT2D eigenvalue weighted by Gasteiger charge is -2.23. The molecule has 0 radical (unpaired) electrons. The van der Waals surface area contributed by atoms with Crippen LogP contribution in [-0.4, -0.2) is 27.7 Å². The lowest BCUT2D eigenvalue weighted by molar-refractivity contribution is 0.446. The molecule has 0 atom stereocenters. The van der Waals surface area contributed by atoms with Crippen molar-refractivity contribution in [1.82, 2.24) is 19.9 Å². The van der Waals surface area contributed by atoms with E-state index >= 15 is 0 Å². The molecule has 0 spiro atoms. The van der Waals surface area contributed by atoms with Gasteiger partial charge in [0.2, 0.25) is 0 Å². The molecule has 1 N–H and O–H groups in total. The van der Waals surface area contributed by atoms with E-state index in [2.05, 4.69) is 21.5 Å². The van der Waals surface area contributed by atoms with E-state index in [0.717, 1.165) is 24.4 Å². The minimum Gasteiger partial charge on any atom is -0.317 e. The SMILES string of the molecule is Cc1cc2nccc(C3CCNCC3)n2n1. The molecule has 16 heavy (non-hydrogen) atoms. The number of hydrogen-bond donors (Lipinski definition) is 1. The van der Waals surface area contributed by atoms with Gasteiger partial charge in [0.25, 0.3) is 0 Å². The fourth-order valence-electron chi connectivity index (χ4n) is 2.46. The maximum atomic E-state index is 4.52. The Labute approximate surface area is 94.7 Å². The highest BCUT2D eigenvalue weighted by Gasteiger charge is 2.18. The zero-order chi connectivity index (χ0) is 11.0. The quantitative estimate of drug-likeness (QED) is 0.785. The molecule has 2 aromatic rings. The number of aromatic nitrogens is 3. The summed E-state index contributed by atoms with van der Waals surface area (Å²) < 4.78 is 2.01. The predicted molar refractivity (Wildman–Crippen MR) is 62.6 cm³/mol. The topological polar surface area (TPSA) is 42.2 Å². The summed E-state index contributed by atoms with van der Waals surface area (Å²) in [7, 11) is 0. The fourth-order valence-corrected chi connectivity index (χ4v) is 2.46. The van der Waals surface area contributed by atoms with Crippen molar-refractivity contribution in [2.45, 2.75) is 25.7 Å². The minimum atomic E-state index is 0.617. The molecule has 0 saturated carbocycles. The van der Waals surface area contributed by atoms with Crippen LogP contribution in [0.3, 0.4) is 0 Å². The monoisotopic (exact) mass is 216 g/mol. The largest absolute Gasteiger partial charge is 0.317 e. The first-order chi connectivity index (χ1) is 7.84. The predicted octanol–water partition coefficient (Wildman–Crippen LogP) is 1.50. The molecule has 0 unspecified atom stereocenters. The Morgan fingerprint density at radius 1 is 1.38 bits per heavy atom. The Bertz CT molecular complexity index is 497. The number of nitrogens with zero attached hydrogens (tertiary/aromatic N) is 3. The van der Waals surface area contributed by atoms with Crippen LogP contribution in [0.4, 0.5) is 0 Å². The zero-order valence-electron chi connectivity index (χ0n) is 9.48. The number of aryl methyl sites for hydroxylation is 1. The average molecular weight is 216 g/mol. The average Bonchev–Trinajstić information content (AvgIpc) is 2.70. The molecule has 1 fully saturated rings. The Hall–Kier alpha value is -1.42. The number of nitrogens with one attached hydrogen (secondary N) is 1. The highest BCUT2D eigenvalue weighted by Crippen LogP contribution is 2.25. The van der Waals surface area contributed by atoms with Gasteiger partial charge in [-0.3, -0.25) is 0 Å².